The molecule has 1 saturated carbocycles. The summed E-state index contributed by atoms with van der Waals surface area (Å²) in [5.74, 6) is 1.75. The van der Waals surface area contributed by atoms with Crippen LogP contribution in [0.2, 0.25) is 0 Å². The number of benzene rings is 1. The maximum Gasteiger partial charge on any atom is 0.120 e. The van der Waals surface area contributed by atoms with Crippen molar-refractivity contribution >= 4 is 5.69 Å². The van der Waals surface area contributed by atoms with Gasteiger partial charge in [-0.15, -0.1) is 0 Å². The molecule has 3 heteroatoms. The first-order valence-electron chi connectivity index (χ1n) is 6.97. The maximum absolute atomic E-state index is 5.29. The van der Waals surface area contributed by atoms with Crippen molar-refractivity contribution in [1.82, 2.24) is 5.32 Å². The van der Waals surface area contributed by atoms with E-state index in [1.807, 2.05) is 6.07 Å². The molecule has 18 heavy (non-hydrogen) atoms. The second-order valence-corrected chi connectivity index (χ2v) is 5.48. The van der Waals surface area contributed by atoms with Gasteiger partial charge in [0.05, 0.1) is 7.11 Å². The molecule has 1 aliphatic carbocycles. The Morgan fingerprint density at radius 2 is 2.22 bits per heavy atom. The Morgan fingerprint density at radius 3 is 3.00 bits per heavy atom. The van der Waals surface area contributed by atoms with Gasteiger partial charge in [0.2, 0.25) is 0 Å². The largest absolute Gasteiger partial charge is 0.497 e. The van der Waals surface area contributed by atoms with E-state index in [0.717, 1.165) is 17.7 Å². The molecule has 1 saturated heterocycles. The fraction of sp³-hybridized carbons (Fsp3) is 0.600. The Bertz CT molecular complexity index is 403. The molecule has 1 N–H and O–H groups in total. The molecule has 2 aliphatic rings. The monoisotopic (exact) mass is 246 g/mol. The van der Waals surface area contributed by atoms with Gasteiger partial charge in [0, 0.05) is 30.9 Å². The molecule has 1 unspecified atom stereocenters. The molecule has 1 aromatic rings. The number of anilines is 1. The summed E-state index contributed by atoms with van der Waals surface area (Å²) in [5, 5.41) is 3.64. The van der Waals surface area contributed by atoms with Crippen LogP contribution < -0.4 is 15.0 Å². The molecule has 0 radical (unpaired) electrons. The van der Waals surface area contributed by atoms with E-state index in [1.54, 1.807) is 7.11 Å². The molecular weight excluding hydrogens is 224 g/mol. The molecule has 1 aromatic carbocycles. The molecule has 98 valence electrons. The highest BCUT2D eigenvalue weighted by atomic mass is 16.5. The molecule has 0 aromatic heterocycles. The SMILES string of the molecule is COc1cccc(N2CCC(CNC3CC3)C2)c1. The minimum Gasteiger partial charge on any atom is -0.497 e. The van der Waals surface area contributed by atoms with E-state index < -0.39 is 0 Å². The number of nitrogens with one attached hydrogen (secondary N) is 1. The first-order chi connectivity index (χ1) is 8.85. The van der Waals surface area contributed by atoms with Gasteiger partial charge in [-0.2, -0.15) is 0 Å². The van der Waals surface area contributed by atoms with E-state index in [-0.39, 0.29) is 0 Å². The fourth-order valence-corrected chi connectivity index (χ4v) is 2.66. The van der Waals surface area contributed by atoms with Gasteiger partial charge in [0.25, 0.3) is 0 Å². The summed E-state index contributed by atoms with van der Waals surface area (Å²) >= 11 is 0. The third-order valence-electron chi connectivity index (χ3n) is 3.98. The zero-order valence-electron chi connectivity index (χ0n) is 11.1. The van der Waals surface area contributed by atoms with Gasteiger partial charge in [-0.05, 0) is 43.9 Å². The molecular formula is C15H22N2O. The third-order valence-corrected chi connectivity index (χ3v) is 3.98. The summed E-state index contributed by atoms with van der Waals surface area (Å²) in [5.41, 5.74) is 1.29. The summed E-state index contributed by atoms with van der Waals surface area (Å²) in [6.07, 6.45) is 4.07. The lowest BCUT2D eigenvalue weighted by Gasteiger charge is -2.19. The average molecular weight is 246 g/mol. The van der Waals surface area contributed by atoms with Crippen molar-refractivity contribution in [2.24, 2.45) is 5.92 Å². The van der Waals surface area contributed by atoms with Crippen LogP contribution >= 0.6 is 0 Å². The highest BCUT2D eigenvalue weighted by Crippen LogP contribution is 2.27. The Labute approximate surface area is 109 Å². The van der Waals surface area contributed by atoms with E-state index >= 15 is 0 Å². The van der Waals surface area contributed by atoms with E-state index in [9.17, 15) is 0 Å². The van der Waals surface area contributed by atoms with Crippen LogP contribution in [0.15, 0.2) is 24.3 Å². The van der Waals surface area contributed by atoms with Gasteiger partial charge >= 0.3 is 0 Å². The Hall–Kier alpha value is -1.22. The second-order valence-electron chi connectivity index (χ2n) is 5.48. The maximum atomic E-state index is 5.29. The van der Waals surface area contributed by atoms with Crippen LogP contribution in [0, 0.1) is 5.92 Å². The number of hydrogen-bond acceptors (Lipinski definition) is 3. The number of nitrogens with zero attached hydrogens (tertiary/aromatic N) is 1. The highest BCUT2D eigenvalue weighted by Gasteiger charge is 2.26. The van der Waals surface area contributed by atoms with E-state index in [2.05, 4.69) is 28.4 Å². The van der Waals surface area contributed by atoms with Gasteiger partial charge in [-0.3, -0.25) is 0 Å². The van der Waals surface area contributed by atoms with Crippen LogP contribution in [-0.4, -0.2) is 32.8 Å². The van der Waals surface area contributed by atoms with Crippen LogP contribution in [0.4, 0.5) is 5.69 Å². The fourth-order valence-electron chi connectivity index (χ4n) is 2.66. The van der Waals surface area contributed by atoms with Crippen LogP contribution in [0.3, 0.4) is 0 Å². The van der Waals surface area contributed by atoms with Crippen molar-refractivity contribution in [3.05, 3.63) is 24.3 Å². The smallest absolute Gasteiger partial charge is 0.120 e. The highest BCUT2D eigenvalue weighted by molar-refractivity contribution is 5.51. The summed E-state index contributed by atoms with van der Waals surface area (Å²) in [6.45, 7) is 3.53. The van der Waals surface area contributed by atoms with Crippen LogP contribution in [0.1, 0.15) is 19.3 Å². The first-order valence-corrected chi connectivity index (χ1v) is 6.97. The molecule has 1 heterocycles. The summed E-state index contributed by atoms with van der Waals surface area (Å²) in [6, 6.07) is 9.22. The molecule has 0 bridgehead atoms. The van der Waals surface area contributed by atoms with E-state index in [1.165, 1.54) is 44.6 Å². The predicted octanol–water partition coefficient (Wildman–Crippen LogP) is 2.27. The number of methoxy groups -OCH3 is 1. The van der Waals surface area contributed by atoms with Crippen molar-refractivity contribution in [3.63, 3.8) is 0 Å². The lowest BCUT2D eigenvalue weighted by atomic mass is 10.1. The quantitative estimate of drug-likeness (QED) is 0.862. The zero-order chi connectivity index (χ0) is 12.4. The molecule has 3 rings (SSSR count). The summed E-state index contributed by atoms with van der Waals surface area (Å²) in [4.78, 5) is 2.47. The van der Waals surface area contributed by atoms with Crippen molar-refractivity contribution in [2.75, 3.05) is 31.6 Å². The minimum atomic E-state index is 0.803. The van der Waals surface area contributed by atoms with Crippen molar-refractivity contribution < 1.29 is 4.74 Å². The normalized spacial score (nSPS) is 23.4. The van der Waals surface area contributed by atoms with E-state index in [0.29, 0.717) is 0 Å². The van der Waals surface area contributed by atoms with Gasteiger partial charge in [0.15, 0.2) is 0 Å². The molecule has 0 amide bonds. The Morgan fingerprint density at radius 1 is 1.33 bits per heavy atom. The molecule has 0 spiro atoms. The third kappa shape index (κ3) is 2.78. The predicted molar refractivity (Wildman–Crippen MR) is 74.3 cm³/mol. The standard InChI is InChI=1S/C15H22N2O/c1-18-15-4-2-3-14(9-15)17-8-7-12(11-17)10-16-13-5-6-13/h2-4,9,12-13,16H,5-8,10-11H2,1H3. The number of hydrogen-bond donors (Lipinski definition) is 1. The lowest BCUT2D eigenvalue weighted by molar-refractivity contribution is 0.415. The Balaban J connectivity index is 1.56. The van der Waals surface area contributed by atoms with Gasteiger partial charge in [0.1, 0.15) is 5.75 Å². The first kappa shape index (κ1) is 11.8. The topological polar surface area (TPSA) is 24.5 Å². The van der Waals surface area contributed by atoms with E-state index in [4.69, 9.17) is 4.74 Å². The minimum absolute atomic E-state index is 0.803. The zero-order valence-corrected chi connectivity index (χ0v) is 11.1. The lowest BCUT2D eigenvalue weighted by Crippen LogP contribution is -2.27. The van der Waals surface area contributed by atoms with Crippen molar-refractivity contribution in [3.8, 4) is 5.75 Å². The van der Waals surface area contributed by atoms with Crippen molar-refractivity contribution in [1.29, 1.82) is 0 Å². The number of rotatable bonds is 5. The van der Waals surface area contributed by atoms with Gasteiger partial charge in [-0.25, -0.2) is 0 Å². The molecule has 2 fully saturated rings. The average Bonchev–Trinajstić information content (AvgIpc) is 3.13. The molecule has 1 atom stereocenters. The summed E-state index contributed by atoms with van der Waals surface area (Å²) in [7, 11) is 1.73. The Kier molecular flexibility index (Phi) is 3.41. The van der Waals surface area contributed by atoms with Crippen LogP contribution in [0.25, 0.3) is 0 Å². The summed E-state index contributed by atoms with van der Waals surface area (Å²) < 4.78 is 5.29. The van der Waals surface area contributed by atoms with Gasteiger partial charge in [-0.1, -0.05) is 6.07 Å². The second kappa shape index (κ2) is 5.19. The van der Waals surface area contributed by atoms with Crippen LogP contribution in [0.5, 0.6) is 5.75 Å². The molecule has 1 aliphatic heterocycles. The van der Waals surface area contributed by atoms with Crippen LogP contribution in [-0.2, 0) is 0 Å². The molecule has 3 nitrogen and oxygen atoms in total. The van der Waals surface area contributed by atoms with Crippen molar-refractivity contribution in [2.45, 2.75) is 25.3 Å². The number of ether oxygens (including phenoxy) is 1. The van der Waals surface area contributed by atoms with Gasteiger partial charge < -0.3 is 15.0 Å².